The van der Waals surface area contributed by atoms with Crippen molar-refractivity contribution in [3.8, 4) is 0 Å². The van der Waals surface area contributed by atoms with E-state index in [0.29, 0.717) is 6.54 Å². The van der Waals surface area contributed by atoms with Gasteiger partial charge in [-0.1, -0.05) is 32.0 Å². The van der Waals surface area contributed by atoms with Crippen molar-refractivity contribution < 1.29 is 9.59 Å². The van der Waals surface area contributed by atoms with E-state index in [2.05, 4.69) is 10.6 Å². The molecule has 0 saturated carbocycles. The van der Waals surface area contributed by atoms with Crippen LogP contribution in [0.2, 0.25) is 0 Å². The highest BCUT2D eigenvalue weighted by Crippen LogP contribution is 2.32. The summed E-state index contributed by atoms with van der Waals surface area (Å²) in [4.78, 5) is 24.5. The van der Waals surface area contributed by atoms with E-state index in [9.17, 15) is 9.59 Å². The monoisotopic (exact) mass is 289 g/mol. The van der Waals surface area contributed by atoms with Crippen molar-refractivity contribution in [1.29, 1.82) is 0 Å². The molecule has 1 aliphatic rings. The largest absolute Gasteiger partial charge is 0.349 e. The molecule has 0 fully saturated rings. The summed E-state index contributed by atoms with van der Waals surface area (Å²) < 4.78 is 0. The average Bonchev–Trinajstić information content (AvgIpc) is 2.51. The Bertz CT molecular complexity index is 530. The summed E-state index contributed by atoms with van der Waals surface area (Å²) in [7, 11) is 0. The van der Waals surface area contributed by atoms with Crippen LogP contribution in [0.3, 0.4) is 0 Å². The summed E-state index contributed by atoms with van der Waals surface area (Å²) in [5, 5.41) is 5.87. The number of rotatable bonds is 5. The number of carbonyl (C=O) groups excluding carboxylic acids is 2. The minimum atomic E-state index is -0.445. The number of hydrogen-bond acceptors (Lipinski definition) is 3. The number of anilines is 1. The van der Waals surface area contributed by atoms with Gasteiger partial charge in [-0.2, -0.15) is 0 Å². The highest BCUT2D eigenvalue weighted by molar-refractivity contribution is 6.01. The van der Waals surface area contributed by atoms with E-state index in [1.807, 2.05) is 38.1 Å². The molecule has 1 aromatic rings. The van der Waals surface area contributed by atoms with E-state index in [4.69, 9.17) is 5.73 Å². The third-order valence-electron chi connectivity index (χ3n) is 4.45. The topological polar surface area (TPSA) is 84.2 Å². The Labute approximate surface area is 125 Å². The molecule has 1 heterocycles. The molecule has 4 N–H and O–H groups in total. The minimum Gasteiger partial charge on any atom is -0.349 e. The predicted octanol–water partition coefficient (Wildman–Crippen LogP) is 1.75. The van der Waals surface area contributed by atoms with Gasteiger partial charge in [0.25, 0.3) is 0 Å². The fraction of sp³-hybridized carbons (Fsp3) is 0.500. The molecule has 1 unspecified atom stereocenters. The van der Waals surface area contributed by atoms with Gasteiger partial charge in [-0.15, -0.1) is 0 Å². The average molecular weight is 289 g/mol. The van der Waals surface area contributed by atoms with Gasteiger partial charge in [0.1, 0.15) is 0 Å². The molecule has 5 heteroatoms. The summed E-state index contributed by atoms with van der Waals surface area (Å²) in [5.41, 5.74) is 7.04. The number of amides is 2. The molecule has 5 nitrogen and oxygen atoms in total. The molecule has 0 saturated heterocycles. The van der Waals surface area contributed by atoms with E-state index in [-0.39, 0.29) is 23.8 Å². The molecule has 0 aromatic heterocycles. The van der Waals surface area contributed by atoms with Crippen molar-refractivity contribution in [3.63, 3.8) is 0 Å². The van der Waals surface area contributed by atoms with Crippen LogP contribution < -0.4 is 16.4 Å². The number of fused-ring (bicyclic) bond motifs is 1. The normalized spacial score (nSPS) is 17.9. The van der Waals surface area contributed by atoms with Crippen LogP contribution in [0.1, 0.15) is 44.6 Å². The lowest BCUT2D eigenvalue weighted by molar-refractivity contribution is -0.127. The van der Waals surface area contributed by atoms with Crippen molar-refractivity contribution in [2.45, 2.75) is 44.6 Å². The molecular formula is C16H23N3O2. The van der Waals surface area contributed by atoms with Gasteiger partial charge in [-0.05, 0) is 24.5 Å². The molecule has 2 amide bonds. The zero-order chi connectivity index (χ0) is 15.5. The number of hydrogen-bond donors (Lipinski definition) is 3. The second-order valence-electron chi connectivity index (χ2n) is 5.57. The lowest BCUT2D eigenvalue weighted by Gasteiger charge is -2.34. The molecule has 0 aliphatic carbocycles. The summed E-state index contributed by atoms with van der Waals surface area (Å²) in [5.74, 6) is -0.689. The molecule has 2 rings (SSSR count). The summed E-state index contributed by atoms with van der Waals surface area (Å²) >= 11 is 0. The summed E-state index contributed by atoms with van der Waals surface area (Å²) in [6.45, 7) is 4.42. The first-order valence-corrected chi connectivity index (χ1v) is 7.46. The Morgan fingerprint density at radius 3 is 2.67 bits per heavy atom. The summed E-state index contributed by atoms with van der Waals surface area (Å²) in [6, 6.07) is 7.44. The van der Waals surface area contributed by atoms with Crippen LogP contribution in [0.25, 0.3) is 0 Å². The van der Waals surface area contributed by atoms with Gasteiger partial charge >= 0.3 is 0 Å². The number of nitrogens with two attached hydrogens (primary N) is 1. The van der Waals surface area contributed by atoms with Gasteiger partial charge in [0, 0.05) is 18.7 Å². The minimum absolute atomic E-state index is 0.119. The molecule has 1 aromatic carbocycles. The van der Waals surface area contributed by atoms with Crippen LogP contribution >= 0.6 is 0 Å². The fourth-order valence-electron chi connectivity index (χ4n) is 2.76. The standard InChI is InChI=1S/C16H23N3O2/c1-3-16(4-2,10-17)19-15(21)12-9-14(20)18-13-8-6-5-7-11(12)13/h5-8,12H,3-4,9-10,17H2,1-2H3,(H,18,20)(H,19,21). The Morgan fingerprint density at radius 1 is 1.38 bits per heavy atom. The fourth-order valence-corrected chi connectivity index (χ4v) is 2.76. The highest BCUT2D eigenvalue weighted by Gasteiger charge is 2.34. The quantitative estimate of drug-likeness (QED) is 0.772. The molecule has 0 spiro atoms. The number of carbonyl (C=O) groups is 2. The molecule has 1 atom stereocenters. The molecular weight excluding hydrogens is 266 g/mol. The maximum absolute atomic E-state index is 12.7. The maximum atomic E-state index is 12.7. The van der Waals surface area contributed by atoms with Crippen molar-refractivity contribution in [3.05, 3.63) is 29.8 Å². The third kappa shape index (κ3) is 3.08. The number of nitrogens with one attached hydrogen (secondary N) is 2. The van der Waals surface area contributed by atoms with Crippen LogP contribution in [0.4, 0.5) is 5.69 Å². The first-order chi connectivity index (χ1) is 10.0. The Kier molecular flexibility index (Phi) is 4.63. The zero-order valence-corrected chi connectivity index (χ0v) is 12.6. The highest BCUT2D eigenvalue weighted by atomic mass is 16.2. The molecule has 0 radical (unpaired) electrons. The summed E-state index contributed by atoms with van der Waals surface area (Å²) in [6.07, 6.45) is 1.72. The number of para-hydroxylation sites is 1. The van der Waals surface area contributed by atoms with Crippen molar-refractivity contribution >= 4 is 17.5 Å². The first kappa shape index (κ1) is 15.5. The Balaban J connectivity index is 2.25. The van der Waals surface area contributed by atoms with Gasteiger partial charge in [0.2, 0.25) is 11.8 Å². The second-order valence-corrected chi connectivity index (χ2v) is 5.57. The first-order valence-electron chi connectivity index (χ1n) is 7.46. The van der Waals surface area contributed by atoms with Crippen LogP contribution in [-0.2, 0) is 9.59 Å². The van der Waals surface area contributed by atoms with Gasteiger partial charge in [0.05, 0.1) is 11.5 Å². The van der Waals surface area contributed by atoms with Crippen LogP contribution in [0, 0.1) is 0 Å². The Hall–Kier alpha value is -1.88. The third-order valence-corrected chi connectivity index (χ3v) is 4.45. The maximum Gasteiger partial charge on any atom is 0.228 e. The van der Waals surface area contributed by atoms with Crippen molar-refractivity contribution in [2.24, 2.45) is 5.73 Å². The van der Waals surface area contributed by atoms with E-state index in [1.165, 1.54) is 0 Å². The van der Waals surface area contributed by atoms with E-state index >= 15 is 0 Å². The van der Waals surface area contributed by atoms with Crippen molar-refractivity contribution in [1.82, 2.24) is 5.32 Å². The Morgan fingerprint density at radius 2 is 2.05 bits per heavy atom. The van der Waals surface area contributed by atoms with Gasteiger partial charge in [-0.25, -0.2) is 0 Å². The van der Waals surface area contributed by atoms with Gasteiger partial charge in [-0.3, -0.25) is 9.59 Å². The SMILES string of the molecule is CCC(CC)(CN)NC(=O)C1CC(=O)Nc2ccccc21. The van der Waals surface area contributed by atoms with Gasteiger partial charge < -0.3 is 16.4 Å². The van der Waals surface area contributed by atoms with E-state index < -0.39 is 5.92 Å². The van der Waals surface area contributed by atoms with Crippen molar-refractivity contribution in [2.75, 3.05) is 11.9 Å². The molecule has 1 aliphatic heterocycles. The molecule has 21 heavy (non-hydrogen) atoms. The van der Waals surface area contributed by atoms with Crippen LogP contribution in [-0.4, -0.2) is 23.9 Å². The predicted molar refractivity (Wildman–Crippen MR) is 82.9 cm³/mol. The second kappa shape index (κ2) is 6.26. The lowest BCUT2D eigenvalue weighted by Crippen LogP contribution is -2.54. The van der Waals surface area contributed by atoms with E-state index in [1.54, 1.807) is 0 Å². The smallest absolute Gasteiger partial charge is 0.228 e. The molecule has 0 bridgehead atoms. The van der Waals surface area contributed by atoms with Gasteiger partial charge in [0.15, 0.2) is 0 Å². The van der Waals surface area contributed by atoms with Crippen LogP contribution in [0.5, 0.6) is 0 Å². The lowest BCUT2D eigenvalue weighted by atomic mass is 9.87. The zero-order valence-electron chi connectivity index (χ0n) is 12.6. The van der Waals surface area contributed by atoms with E-state index in [0.717, 1.165) is 24.1 Å². The number of benzene rings is 1. The van der Waals surface area contributed by atoms with Crippen LogP contribution in [0.15, 0.2) is 24.3 Å². The molecule has 114 valence electrons.